The van der Waals surface area contributed by atoms with Crippen molar-refractivity contribution in [2.75, 3.05) is 5.73 Å². The van der Waals surface area contributed by atoms with Crippen LogP contribution in [0.2, 0.25) is 5.02 Å². The van der Waals surface area contributed by atoms with Crippen LogP contribution in [0, 0.1) is 5.82 Å². The number of hydrogen-bond acceptors (Lipinski definition) is 4. The number of hydrogen-bond donors (Lipinski definition) is 3. The number of anilines is 1. The predicted octanol–water partition coefficient (Wildman–Crippen LogP) is 4.37. The van der Waals surface area contributed by atoms with Crippen LogP contribution in [0.3, 0.4) is 0 Å². The smallest absolute Gasteiger partial charge is 0.326 e. The Kier molecular flexibility index (Phi) is 4.86. The summed E-state index contributed by atoms with van der Waals surface area (Å²) in [6.45, 7) is 0. The number of carbonyl (C=O) groups excluding carboxylic acids is 1. The number of aryl methyl sites for hydroxylation is 1. The standard InChI is InChI=1S/C25H22ClFN6O2/c1-32-19-6-2-12(9-17(19)31-25(32)35)18-11-29-24(30-18)20-7-3-14-8-13(10-21(34)33(14)20)22-16(28)5-4-15(26)23(22)27/h2,4-6,8-9,11,13,20H,3,7,10,28H2,1H3,(H,29,30)(H,31,35)/t13?,20-/m0/s1. The van der Waals surface area contributed by atoms with Gasteiger partial charge in [-0.1, -0.05) is 23.7 Å². The number of nitrogen functional groups attached to an aromatic ring is 1. The van der Waals surface area contributed by atoms with Gasteiger partial charge >= 0.3 is 5.69 Å². The van der Waals surface area contributed by atoms with Crippen molar-refractivity contribution in [1.29, 1.82) is 0 Å². The first kappa shape index (κ1) is 21.7. The van der Waals surface area contributed by atoms with E-state index in [1.807, 2.05) is 24.3 Å². The molecule has 2 atom stereocenters. The summed E-state index contributed by atoms with van der Waals surface area (Å²) in [5, 5.41) is -0.00680. The molecule has 6 rings (SSSR count). The summed E-state index contributed by atoms with van der Waals surface area (Å²) in [6.07, 6.45) is 5.14. The molecule has 10 heteroatoms. The highest BCUT2D eigenvalue weighted by molar-refractivity contribution is 6.30. The van der Waals surface area contributed by atoms with E-state index in [1.165, 1.54) is 6.07 Å². The molecule has 0 aliphatic carbocycles. The van der Waals surface area contributed by atoms with Crippen molar-refractivity contribution in [3.05, 3.63) is 81.0 Å². The lowest BCUT2D eigenvalue weighted by atomic mass is 9.89. The van der Waals surface area contributed by atoms with Crippen LogP contribution in [-0.2, 0) is 11.8 Å². The van der Waals surface area contributed by atoms with Gasteiger partial charge in [0.15, 0.2) is 0 Å². The van der Waals surface area contributed by atoms with E-state index in [4.69, 9.17) is 17.3 Å². The van der Waals surface area contributed by atoms with Gasteiger partial charge in [0.25, 0.3) is 0 Å². The first-order valence-corrected chi connectivity index (χ1v) is 11.7. The first-order chi connectivity index (χ1) is 16.8. The molecule has 1 fully saturated rings. The van der Waals surface area contributed by atoms with Crippen LogP contribution in [0.25, 0.3) is 22.3 Å². The third kappa shape index (κ3) is 3.37. The number of rotatable bonds is 3. The van der Waals surface area contributed by atoms with Crippen molar-refractivity contribution >= 4 is 34.2 Å². The van der Waals surface area contributed by atoms with Gasteiger partial charge in [-0.25, -0.2) is 14.2 Å². The molecule has 178 valence electrons. The van der Waals surface area contributed by atoms with Gasteiger partial charge < -0.3 is 20.6 Å². The summed E-state index contributed by atoms with van der Waals surface area (Å²) < 4.78 is 16.3. The number of H-pyrrole nitrogens is 2. The molecule has 8 nitrogen and oxygen atoms in total. The number of nitrogens with zero attached hydrogens (tertiary/aromatic N) is 3. The highest BCUT2D eigenvalue weighted by Crippen LogP contribution is 2.45. The fraction of sp³-hybridized carbons (Fsp3) is 0.240. The molecule has 2 aliphatic rings. The largest absolute Gasteiger partial charge is 0.398 e. The summed E-state index contributed by atoms with van der Waals surface area (Å²) in [7, 11) is 1.72. The number of amides is 1. The Hall–Kier alpha value is -3.85. The Labute approximate surface area is 204 Å². The second-order valence-electron chi connectivity index (χ2n) is 9.05. The molecule has 0 bridgehead atoms. The molecule has 2 aliphatic heterocycles. The quantitative estimate of drug-likeness (QED) is 0.369. The molecule has 0 saturated carbocycles. The van der Waals surface area contributed by atoms with Crippen molar-refractivity contribution in [3.8, 4) is 11.3 Å². The van der Waals surface area contributed by atoms with Gasteiger partial charge in [0.05, 0.1) is 34.0 Å². The molecule has 2 aromatic heterocycles. The summed E-state index contributed by atoms with van der Waals surface area (Å²) in [6, 6.07) is 8.47. The monoisotopic (exact) mass is 492 g/mol. The maximum atomic E-state index is 14.7. The third-order valence-corrected chi connectivity index (χ3v) is 7.31. The van der Waals surface area contributed by atoms with Crippen LogP contribution in [0.4, 0.5) is 10.1 Å². The molecule has 0 spiro atoms. The number of aromatic amines is 2. The molecule has 35 heavy (non-hydrogen) atoms. The molecule has 4 aromatic rings. The minimum Gasteiger partial charge on any atom is -0.398 e. The predicted molar refractivity (Wildman–Crippen MR) is 131 cm³/mol. The minimum atomic E-state index is -0.572. The molecule has 1 unspecified atom stereocenters. The highest BCUT2D eigenvalue weighted by Gasteiger charge is 2.40. The van der Waals surface area contributed by atoms with E-state index < -0.39 is 11.7 Å². The lowest BCUT2D eigenvalue weighted by molar-refractivity contribution is -0.131. The number of carbonyl (C=O) groups is 1. The molecule has 1 saturated heterocycles. The van der Waals surface area contributed by atoms with Gasteiger partial charge in [-0.05, 0) is 37.1 Å². The van der Waals surface area contributed by atoms with E-state index in [2.05, 4.69) is 15.0 Å². The van der Waals surface area contributed by atoms with Gasteiger partial charge in [0, 0.05) is 41.9 Å². The van der Waals surface area contributed by atoms with Crippen LogP contribution in [0.15, 0.2) is 53.1 Å². The number of imidazole rings is 2. The summed E-state index contributed by atoms with van der Waals surface area (Å²) in [5.41, 5.74) is 10.5. The fourth-order valence-corrected chi connectivity index (χ4v) is 5.43. The minimum absolute atomic E-state index is 0.00680. The van der Waals surface area contributed by atoms with Crippen molar-refractivity contribution in [1.82, 2.24) is 24.4 Å². The normalized spacial score (nSPS) is 19.9. The SMILES string of the molecule is Cn1c(=O)[nH]c2cc(-c3cnc([C@@H]4CCC5=CC(c6c(N)ccc(Cl)c6F)CC(=O)N54)[nH]3)ccc21. The van der Waals surface area contributed by atoms with Crippen molar-refractivity contribution in [2.45, 2.75) is 31.2 Å². The Morgan fingerprint density at radius 3 is 2.86 bits per heavy atom. The van der Waals surface area contributed by atoms with Crippen molar-refractivity contribution in [2.24, 2.45) is 7.05 Å². The van der Waals surface area contributed by atoms with E-state index in [1.54, 1.807) is 28.8 Å². The summed E-state index contributed by atoms with van der Waals surface area (Å²) >= 11 is 5.97. The number of allylic oxidation sites excluding steroid dienone is 2. The van der Waals surface area contributed by atoms with Crippen molar-refractivity contribution in [3.63, 3.8) is 0 Å². The molecule has 1 amide bonds. The second-order valence-corrected chi connectivity index (χ2v) is 9.46. The zero-order valence-electron chi connectivity index (χ0n) is 18.8. The number of nitrogens with two attached hydrogens (primary N) is 1. The van der Waals surface area contributed by atoms with Gasteiger partial charge in [-0.15, -0.1) is 0 Å². The van der Waals surface area contributed by atoms with E-state index in [9.17, 15) is 14.0 Å². The van der Waals surface area contributed by atoms with E-state index in [0.29, 0.717) is 18.7 Å². The van der Waals surface area contributed by atoms with Crippen LogP contribution in [0.5, 0.6) is 0 Å². The molecule has 0 radical (unpaired) electrons. The molecule has 4 N–H and O–H groups in total. The summed E-state index contributed by atoms with van der Waals surface area (Å²) in [4.78, 5) is 37.6. The zero-order valence-corrected chi connectivity index (χ0v) is 19.6. The van der Waals surface area contributed by atoms with E-state index >= 15 is 0 Å². The van der Waals surface area contributed by atoms with Crippen LogP contribution < -0.4 is 11.4 Å². The number of halogens is 2. The van der Waals surface area contributed by atoms with E-state index in [-0.39, 0.29) is 40.3 Å². The van der Waals surface area contributed by atoms with Gasteiger partial charge in [-0.3, -0.25) is 9.36 Å². The molecule has 4 heterocycles. The molecule has 2 aromatic carbocycles. The van der Waals surface area contributed by atoms with Gasteiger partial charge in [0.2, 0.25) is 5.91 Å². The Morgan fingerprint density at radius 1 is 1.20 bits per heavy atom. The second kappa shape index (κ2) is 7.84. The topological polar surface area (TPSA) is 113 Å². The number of fused-ring (bicyclic) bond motifs is 2. The lowest BCUT2D eigenvalue weighted by Crippen LogP contribution is -2.34. The van der Waals surface area contributed by atoms with Gasteiger partial charge in [-0.2, -0.15) is 0 Å². The first-order valence-electron chi connectivity index (χ1n) is 11.3. The zero-order chi connectivity index (χ0) is 24.4. The lowest BCUT2D eigenvalue weighted by Gasteiger charge is -2.31. The van der Waals surface area contributed by atoms with Crippen molar-refractivity contribution < 1.29 is 9.18 Å². The maximum absolute atomic E-state index is 14.7. The highest BCUT2D eigenvalue weighted by atomic mass is 35.5. The Bertz CT molecular complexity index is 1600. The number of aromatic nitrogens is 4. The average Bonchev–Trinajstić information content (AvgIpc) is 3.54. The van der Waals surface area contributed by atoms with Crippen LogP contribution >= 0.6 is 11.6 Å². The van der Waals surface area contributed by atoms with Crippen LogP contribution in [0.1, 0.15) is 42.6 Å². The van der Waals surface area contributed by atoms with Crippen LogP contribution in [-0.4, -0.2) is 30.3 Å². The average molecular weight is 493 g/mol. The third-order valence-electron chi connectivity index (χ3n) is 7.02. The Morgan fingerprint density at radius 2 is 2.03 bits per heavy atom. The van der Waals surface area contributed by atoms with E-state index in [0.717, 1.165) is 28.0 Å². The van der Waals surface area contributed by atoms with Gasteiger partial charge in [0.1, 0.15) is 11.6 Å². The maximum Gasteiger partial charge on any atom is 0.326 e. The fourth-order valence-electron chi connectivity index (χ4n) is 5.27. The molecular formula is C25H22ClFN6O2. The molecular weight excluding hydrogens is 471 g/mol. The Balaban J connectivity index is 1.30. The number of benzene rings is 2. The summed E-state index contributed by atoms with van der Waals surface area (Å²) in [5.74, 6) is -0.449. The number of nitrogens with one attached hydrogen (secondary N) is 2.